The highest BCUT2D eigenvalue weighted by atomic mass is 35.5. The lowest BCUT2D eigenvalue weighted by Crippen LogP contribution is -2.50. The van der Waals surface area contributed by atoms with Gasteiger partial charge in [0.15, 0.2) is 5.13 Å². The first-order valence-corrected chi connectivity index (χ1v) is 12.8. The molecule has 4 rings (SSSR count). The van der Waals surface area contributed by atoms with E-state index in [9.17, 15) is 9.59 Å². The van der Waals surface area contributed by atoms with Gasteiger partial charge in [-0.2, -0.15) is 0 Å². The minimum Gasteiger partial charge on any atom is -0.491 e. The number of ether oxygens (including phenoxy) is 1. The number of piperazine rings is 1. The van der Waals surface area contributed by atoms with Crippen LogP contribution in [0.15, 0.2) is 36.5 Å². The van der Waals surface area contributed by atoms with Gasteiger partial charge >= 0.3 is 12.1 Å². The number of aliphatic hydroxyl groups is 1. The normalized spacial score (nSPS) is 13.3. The minimum atomic E-state index is -0.381. The highest BCUT2D eigenvalue weighted by Crippen LogP contribution is 2.27. The predicted molar refractivity (Wildman–Crippen MR) is 145 cm³/mol. The molecule has 2 aromatic heterocycles. The predicted octanol–water partition coefficient (Wildman–Crippen LogP) is 4.18. The van der Waals surface area contributed by atoms with Gasteiger partial charge in [-0.25, -0.2) is 19.6 Å². The molecule has 0 aliphatic carbocycles. The molecule has 0 atom stereocenters. The first-order chi connectivity index (χ1) is 17.8. The van der Waals surface area contributed by atoms with Gasteiger partial charge in [-0.15, -0.1) is 11.3 Å². The number of aromatic nitrogens is 2. The first kappa shape index (κ1) is 26.5. The number of pyridine rings is 1. The van der Waals surface area contributed by atoms with Crippen LogP contribution in [0.3, 0.4) is 0 Å². The number of halogens is 1. The molecule has 3 heterocycles. The Morgan fingerprint density at radius 2 is 1.89 bits per heavy atom. The Bertz CT molecular complexity index is 1230. The SMILES string of the molecule is Cc1nc(NC(=O)Nc2ccc(N3CCN(C(=O)Nc4cc(OCCO)ccc4Cl)CC3)nc2)sc1C. The summed E-state index contributed by atoms with van der Waals surface area (Å²) in [4.78, 5) is 38.6. The topological polar surface area (TPSA) is 132 Å². The molecule has 0 radical (unpaired) electrons. The van der Waals surface area contributed by atoms with Crippen LogP contribution in [0, 0.1) is 13.8 Å². The number of aryl methyl sites for hydroxylation is 2. The van der Waals surface area contributed by atoms with Crippen LogP contribution < -0.4 is 25.6 Å². The van der Waals surface area contributed by atoms with E-state index in [1.54, 1.807) is 35.4 Å². The van der Waals surface area contributed by atoms with E-state index in [0.29, 0.717) is 53.5 Å². The third kappa shape index (κ3) is 7.00. The molecule has 1 saturated heterocycles. The number of benzene rings is 1. The number of thiazole rings is 1. The van der Waals surface area contributed by atoms with Crippen LogP contribution in [0.1, 0.15) is 10.6 Å². The van der Waals surface area contributed by atoms with Gasteiger partial charge in [0.1, 0.15) is 18.2 Å². The second-order valence-corrected chi connectivity index (χ2v) is 9.87. The van der Waals surface area contributed by atoms with Crippen molar-refractivity contribution in [3.05, 3.63) is 52.1 Å². The molecular weight excluding hydrogens is 518 g/mol. The van der Waals surface area contributed by atoms with E-state index in [4.69, 9.17) is 21.4 Å². The Balaban J connectivity index is 1.26. The number of urea groups is 2. The molecule has 11 nitrogen and oxygen atoms in total. The third-order valence-electron chi connectivity index (χ3n) is 5.69. The maximum absolute atomic E-state index is 12.8. The van der Waals surface area contributed by atoms with E-state index >= 15 is 0 Å². The third-order valence-corrected chi connectivity index (χ3v) is 7.00. The molecule has 0 saturated carbocycles. The van der Waals surface area contributed by atoms with Crippen molar-refractivity contribution in [3.8, 4) is 5.75 Å². The fourth-order valence-electron chi connectivity index (χ4n) is 3.62. The molecule has 1 aliphatic heterocycles. The van der Waals surface area contributed by atoms with Gasteiger partial charge in [0.25, 0.3) is 0 Å². The molecule has 196 valence electrons. The summed E-state index contributed by atoms with van der Waals surface area (Å²) in [6, 6.07) is 7.92. The fourth-order valence-corrected chi connectivity index (χ4v) is 4.59. The molecule has 1 aliphatic rings. The number of amides is 4. The van der Waals surface area contributed by atoms with Crippen molar-refractivity contribution < 1.29 is 19.4 Å². The largest absolute Gasteiger partial charge is 0.491 e. The van der Waals surface area contributed by atoms with Gasteiger partial charge in [0.2, 0.25) is 0 Å². The first-order valence-electron chi connectivity index (χ1n) is 11.6. The van der Waals surface area contributed by atoms with Gasteiger partial charge in [-0.1, -0.05) is 11.6 Å². The van der Waals surface area contributed by atoms with Crippen molar-refractivity contribution in [1.82, 2.24) is 14.9 Å². The van der Waals surface area contributed by atoms with Crippen LogP contribution in [-0.2, 0) is 0 Å². The van der Waals surface area contributed by atoms with E-state index in [0.717, 1.165) is 16.4 Å². The van der Waals surface area contributed by atoms with Gasteiger partial charge in [-0.05, 0) is 38.1 Å². The number of aliphatic hydroxyl groups excluding tert-OH is 1. The van der Waals surface area contributed by atoms with Crippen molar-refractivity contribution >= 4 is 57.3 Å². The zero-order valence-corrected chi connectivity index (χ0v) is 22.0. The van der Waals surface area contributed by atoms with Crippen LogP contribution in [0.2, 0.25) is 5.02 Å². The second-order valence-electron chi connectivity index (χ2n) is 8.26. The Morgan fingerprint density at radius 1 is 1.11 bits per heavy atom. The quantitative estimate of drug-likeness (QED) is 0.350. The summed E-state index contributed by atoms with van der Waals surface area (Å²) >= 11 is 7.64. The highest BCUT2D eigenvalue weighted by Gasteiger charge is 2.23. The zero-order valence-electron chi connectivity index (χ0n) is 20.5. The van der Waals surface area contributed by atoms with Crippen molar-refractivity contribution in [2.24, 2.45) is 0 Å². The van der Waals surface area contributed by atoms with Crippen molar-refractivity contribution in [3.63, 3.8) is 0 Å². The van der Waals surface area contributed by atoms with Gasteiger partial charge in [0, 0.05) is 37.1 Å². The average Bonchev–Trinajstić information content (AvgIpc) is 3.20. The lowest BCUT2D eigenvalue weighted by atomic mass is 10.3. The Hall–Kier alpha value is -3.61. The van der Waals surface area contributed by atoms with E-state index < -0.39 is 0 Å². The maximum atomic E-state index is 12.8. The van der Waals surface area contributed by atoms with Crippen LogP contribution in [-0.4, -0.2) is 71.4 Å². The molecule has 0 bridgehead atoms. The van der Waals surface area contributed by atoms with Crippen molar-refractivity contribution in [2.75, 3.05) is 60.2 Å². The lowest BCUT2D eigenvalue weighted by molar-refractivity contribution is 0.201. The Kier molecular flexibility index (Phi) is 8.64. The smallest absolute Gasteiger partial charge is 0.325 e. The molecule has 0 spiro atoms. The number of anilines is 4. The highest BCUT2D eigenvalue weighted by molar-refractivity contribution is 7.15. The zero-order chi connectivity index (χ0) is 26.4. The van der Waals surface area contributed by atoms with Crippen molar-refractivity contribution in [2.45, 2.75) is 13.8 Å². The van der Waals surface area contributed by atoms with E-state index in [1.807, 2.05) is 19.9 Å². The number of hydrogen-bond donors (Lipinski definition) is 4. The Morgan fingerprint density at radius 3 is 2.54 bits per heavy atom. The summed E-state index contributed by atoms with van der Waals surface area (Å²) in [5.74, 6) is 1.27. The van der Waals surface area contributed by atoms with Crippen LogP contribution in [0.25, 0.3) is 0 Å². The average molecular weight is 546 g/mol. The van der Waals surface area contributed by atoms with E-state index in [2.05, 4.69) is 30.8 Å². The van der Waals surface area contributed by atoms with Crippen LogP contribution in [0.4, 0.5) is 31.9 Å². The lowest BCUT2D eigenvalue weighted by Gasteiger charge is -2.35. The van der Waals surface area contributed by atoms with Crippen LogP contribution in [0.5, 0.6) is 5.75 Å². The summed E-state index contributed by atoms with van der Waals surface area (Å²) < 4.78 is 5.39. The molecule has 13 heteroatoms. The number of carbonyl (C=O) groups is 2. The summed E-state index contributed by atoms with van der Waals surface area (Å²) in [5.41, 5.74) is 1.90. The summed E-state index contributed by atoms with van der Waals surface area (Å²) in [6.45, 7) is 6.10. The van der Waals surface area contributed by atoms with Gasteiger partial charge < -0.3 is 30.3 Å². The molecule has 37 heavy (non-hydrogen) atoms. The number of rotatable bonds is 7. The maximum Gasteiger partial charge on any atom is 0.325 e. The standard InChI is InChI=1S/C24H28ClN7O4S/c1-15-16(2)37-23(27-15)30-22(34)28-17-3-6-21(26-14-17)31-7-9-32(10-8-31)24(35)29-20-13-18(36-12-11-33)4-5-19(20)25/h3-6,13-14,33H,7-12H2,1-2H3,(H,29,35)(H2,27,28,30,34). The summed E-state index contributed by atoms with van der Waals surface area (Å²) in [6.07, 6.45) is 1.60. The van der Waals surface area contributed by atoms with Gasteiger partial charge in [-0.3, -0.25) is 5.32 Å². The molecule has 1 fully saturated rings. The van der Waals surface area contributed by atoms with E-state index in [1.165, 1.54) is 11.3 Å². The number of nitrogens with zero attached hydrogens (tertiary/aromatic N) is 4. The molecular formula is C24H28ClN7O4S. The van der Waals surface area contributed by atoms with Crippen molar-refractivity contribution in [1.29, 1.82) is 0 Å². The molecule has 0 unspecified atom stereocenters. The summed E-state index contributed by atoms with van der Waals surface area (Å²) in [7, 11) is 0. The number of carbonyl (C=O) groups excluding carboxylic acids is 2. The molecule has 1 aromatic carbocycles. The number of nitrogens with one attached hydrogen (secondary N) is 3. The molecule has 4 N–H and O–H groups in total. The molecule has 4 amide bonds. The monoisotopic (exact) mass is 545 g/mol. The molecule has 3 aromatic rings. The van der Waals surface area contributed by atoms with Crippen LogP contribution >= 0.6 is 22.9 Å². The fraction of sp³-hybridized carbons (Fsp3) is 0.333. The Labute approximate surface area is 223 Å². The second kappa shape index (κ2) is 12.1. The van der Waals surface area contributed by atoms with E-state index in [-0.39, 0.29) is 25.3 Å². The number of hydrogen-bond acceptors (Lipinski definition) is 8. The summed E-state index contributed by atoms with van der Waals surface area (Å²) in [5, 5.41) is 18.2. The van der Waals surface area contributed by atoms with Gasteiger partial charge in [0.05, 0.1) is 34.9 Å². The minimum absolute atomic E-state index is 0.106.